The molecule has 0 spiro atoms. The number of nitrogens with zero attached hydrogens (tertiary/aromatic N) is 1. The van der Waals surface area contributed by atoms with Crippen LogP contribution in [0.5, 0.6) is 0 Å². The lowest BCUT2D eigenvalue weighted by Gasteiger charge is -2.34. The Morgan fingerprint density at radius 1 is 1.38 bits per heavy atom. The molecule has 6 heteroatoms. The third-order valence-electron chi connectivity index (χ3n) is 3.21. The number of rotatable bonds is 5. The Morgan fingerprint density at radius 2 is 2.00 bits per heavy atom. The molecule has 5 nitrogen and oxygen atoms in total. The third kappa shape index (κ3) is 3.41. The minimum Gasteiger partial charge on any atom is -0.391 e. The molecule has 1 saturated carbocycles. The Bertz CT molecular complexity index is 305. The maximum absolute atomic E-state index is 11.9. The number of aliphatic hydroxyl groups is 1. The van der Waals surface area contributed by atoms with E-state index in [0.29, 0.717) is 13.0 Å². The Hall–Kier alpha value is -0.170. The maximum Gasteiger partial charge on any atom is 0.215 e. The highest BCUT2D eigenvalue weighted by atomic mass is 32.2. The van der Waals surface area contributed by atoms with E-state index in [2.05, 4.69) is 5.32 Å². The summed E-state index contributed by atoms with van der Waals surface area (Å²) in [6, 6.07) is -0.240. The van der Waals surface area contributed by atoms with Gasteiger partial charge in [-0.1, -0.05) is 12.8 Å². The third-order valence-corrected chi connectivity index (χ3v) is 5.08. The molecule has 0 aromatic carbocycles. The topological polar surface area (TPSA) is 69.6 Å². The summed E-state index contributed by atoms with van der Waals surface area (Å²) in [5, 5.41) is 12.6. The van der Waals surface area contributed by atoms with Crippen molar-refractivity contribution in [2.75, 3.05) is 26.4 Å². The maximum atomic E-state index is 11.9. The lowest BCUT2D eigenvalue weighted by Crippen LogP contribution is -2.47. The average Bonchev–Trinajstić information content (AvgIpc) is 2.26. The number of likely N-dealkylation sites (N-methyl/N-ethyl adjacent to an activating group) is 1. The van der Waals surface area contributed by atoms with Crippen LogP contribution in [0, 0.1) is 0 Å². The number of aliphatic hydroxyl groups excluding tert-OH is 1. The predicted octanol–water partition coefficient (Wildman–Crippen LogP) is -0.229. The van der Waals surface area contributed by atoms with Crippen LogP contribution in [-0.4, -0.2) is 56.4 Å². The van der Waals surface area contributed by atoms with Crippen LogP contribution in [0.25, 0.3) is 0 Å². The van der Waals surface area contributed by atoms with Crippen molar-refractivity contribution in [3.05, 3.63) is 0 Å². The van der Waals surface area contributed by atoms with Crippen LogP contribution in [0.4, 0.5) is 0 Å². The molecule has 1 aliphatic carbocycles. The molecule has 2 unspecified atom stereocenters. The van der Waals surface area contributed by atoms with Crippen molar-refractivity contribution in [1.82, 2.24) is 9.62 Å². The van der Waals surface area contributed by atoms with Crippen LogP contribution in [0.3, 0.4) is 0 Å². The van der Waals surface area contributed by atoms with Crippen molar-refractivity contribution < 1.29 is 13.5 Å². The van der Waals surface area contributed by atoms with E-state index in [4.69, 9.17) is 0 Å². The number of hydrogen-bond donors (Lipinski definition) is 2. The Balaban J connectivity index is 2.64. The standard InChI is InChI=1S/C10H22N2O3S/c1-11-7-8-16(14,15)12(2)9-5-3-4-6-10(9)13/h9-11,13H,3-8H2,1-2H3. The van der Waals surface area contributed by atoms with Gasteiger partial charge in [0.1, 0.15) is 0 Å². The van der Waals surface area contributed by atoms with Gasteiger partial charge >= 0.3 is 0 Å². The van der Waals surface area contributed by atoms with Gasteiger partial charge in [0.05, 0.1) is 17.9 Å². The zero-order chi connectivity index (χ0) is 12.2. The summed E-state index contributed by atoms with van der Waals surface area (Å²) in [5.41, 5.74) is 0. The van der Waals surface area contributed by atoms with Gasteiger partial charge in [-0.05, 0) is 19.9 Å². The van der Waals surface area contributed by atoms with E-state index in [1.54, 1.807) is 14.1 Å². The smallest absolute Gasteiger partial charge is 0.215 e. The van der Waals surface area contributed by atoms with E-state index in [-0.39, 0.29) is 11.8 Å². The largest absolute Gasteiger partial charge is 0.391 e. The summed E-state index contributed by atoms with van der Waals surface area (Å²) < 4.78 is 25.2. The van der Waals surface area contributed by atoms with Crippen LogP contribution in [-0.2, 0) is 10.0 Å². The van der Waals surface area contributed by atoms with Crippen LogP contribution in [0.15, 0.2) is 0 Å². The molecule has 0 heterocycles. The Labute approximate surface area is 97.9 Å². The normalized spacial score (nSPS) is 27.2. The fourth-order valence-corrected chi connectivity index (χ4v) is 3.51. The monoisotopic (exact) mass is 250 g/mol. The summed E-state index contributed by atoms with van der Waals surface area (Å²) in [5.74, 6) is 0.0865. The van der Waals surface area contributed by atoms with E-state index in [1.165, 1.54) is 4.31 Å². The van der Waals surface area contributed by atoms with Gasteiger partial charge in [0.15, 0.2) is 0 Å². The SMILES string of the molecule is CNCCS(=O)(=O)N(C)C1CCCCC1O. The van der Waals surface area contributed by atoms with Crippen molar-refractivity contribution in [1.29, 1.82) is 0 Å². The lowest BCUT2D eigenvalue weighted by molar-refractivity contribution is 0.0638. The lowest BCUT2D eigenvalue weighted by atomic mass is 9.93. The zero-order valence-corrected chi connectivity index (χ0v) is 10.8. The van der Waals surface area contributed by atoms with Crippen LogP contribution < -0.4 is 5.32 Å². The summed E-state index contributed by atoms with van der Waals surface area (Å²) in [6.45, 7) is 0.440. The first-order chi connectivity index (χ1) is 7.49. The van der Waals surface area contributed by atoms with Crippen molar-refractivity contribution >= 4 is 10.0 Å². The summed E-state index contributed by atoms with van der Waals surface area (Å²) in [4.78, 5) is 0. The fourth-order valence-electron chi connectivity index (χ4n) is 2.10. The van der Waals surface area contributed by atoms with Gasteiger partial charge in [-0.15, -0.1) is 0 Å². The fraction of sp³-hybridized carbons (Fsp3) is 1.00. The molecule has 2 atom stereocenters. The molecule has 0 aliphatic heterocycles. The van der Waals surface area contributed by atoms with Crippen LogP contribution in [0.2, 0.25) is 0 Å². The first kappa shape index (κ1) is 13.9. The molecular weight excluding hydrogens is 228 g/mol. The Kier molecular flexibility index (Phi) is 5.17. The van der Waals surface area contributed by atoms with Crippen LogP contribution >= 0.6 is 0 Å². The van der Waals surface area contributed by atoms with E-state index >= 15 is 0 Å². The van der Waals surface area contributed by atoms with E-state index in [9.17, 15) is 13.5 Å². The molecule has 0 bridgehead atoms. The number of sulfonamides is 1. The summed E-state index contributed by atoms with van der Waals surface area (Å²) in [6.07, 6.45) is 2.94. The quantitative estimate of drug-likeness (QED) is 0.707. The summed E-state index contributed by atoms with van der Waals surface area (Å²) >= 11 is 0. The predicted molar refractivity (Wildman–Crippen MR) is 63.7 cm³/mol. The van der Waals surface area contributed by atoms with E-state index < -0.39 is 16.1 Å². The average molecular weight is 250 g/mol. The molecule has 0 aromatic rings. The van der Waals surface area contributed by atoms with Gasteiger partial charge in [0, 0.05) is 13.6 Å². The van der Waals surface area contributed by atoms with E-state index in [1.807, 2.05) is 0 Å². The number of nitrogens with one attached hydrogen (secondary N) is 1. The summed E-state index contributed by atoms with van der Waals surface area (Å²) in [7, 11) is 0.0566. The van der Waals surface area contributed by atoms with Gasteiger partial charge in [-0.3, -0.25) is 0 Å². The second-order valence-electron chi connectivity index (χ2n) is 4.35. The minimum atomic E-state index is -3.24. The molecule has 2 N–H and O–H groups in total. The Morgan fingerprint density at radius 3 is 2.56 bits per heavy atom. The molecule has 1 aliphatic rings. The molecule has 16 heavy (non-hydrogen) atoms. The molecular formula is C10H22N2O3S. The molecule has 0 saturated heterocycles. The van der Waals surface area contributed by atoms with Crippen molar-refractivity contribution in [3.63, 3.8) is 0 Å². The van der Waals surface area contributed by atoms with Crippen molar-refractivity contribution in [2.24, 2.45) is 0 Å². The first-order valence-corrected chi connectivity index (χ1v) is 7.38. The van der Waals surface area contributed by atoms with Crippen molar-refractivity contribution in [2.45, 2.75) is 37.8 Å². The highest BCUT2D eigenvalue weighted by Crippen LogP contribution is 2.24. The van der Waals surface area contributed by atoms with Gasteiger partial charge in [-0.25, -0.2) is 8.42 Å². The minimum absolute atomic E-state index is 0.0865. The van der Waals surface area contributed by atoms with Crippen LogP contribution in [0.1, 0.15) is 25.7 Å². The second-order valence-corrected chi connectivity index (χ2v) is 6.50. The molecule has 1 fully saturated rings. The number of hydrogen-bond acceptors (Lipinski definition) is 4. The zero-order valence-electron chi connectivity index (χ0n) is 10.0. The molecule has 0 aromatic heterocycles. The highest BCUT2D eigenvalue weighted by molar-refractivity contribution is 7.89. The molecule has 0 amide bonds. The van der Waals surface area contributed by atoms with Gasteiger partial charge in [-0.2, -0.15) is 4.31 Å². The van der Waals surface area contributed by atoms with Gasteiger partial charge in [0.2, 0.25) is 10.0 Å². The van der Waals surface area contributed by atoms with Gasteiger partial charge < -0.3 is 10.4 Å². The highest BCUT2D eigenvalue weighted by Gasteiger charge is 2.32. The second kappa shape index (κ2) is 5.95. The van der Waals surface area contributed by atoms with Crippen molar-refractivity contribution in [3.8, 4) is 0 Å². The first-order valence-electron chi connectivity index (χ1n) is 5.77. The van der Waals surface area contributed by atoms with E-state index in [0.717, 1.165) is 19.3 Å². The van der Waals surface area contributed by atoms with Gasteiger partial charge in [0.25, 0.3) is 0 Å². The molecule has 0 radical (unpaired) electrons. The molecule has 96 valence electrons. The molecule has 1 rings (SSSR count).